The molecule has 8 atom stereocenters. The van der Waals surface area contributed by atoms with E-state index in [0.717, 1.165) is 68.4 Å². The average Bonchev–Trinajstić information content (AvgIpc) is 3.42. The number of amides is 1. The molecule has 3 heterocycles. The normalized spacial score (nSPS) is 43.8. The van der Waals surface area contributed by atoms with Gasteiger partial charge < -0.3 is 10.2 Å². The summed E-state index contributed by atoms with van der Waals surface area (Å²) in [5.41, 5.74) is 7.39. The minimum atomic E-state index is -0.190. The zero-order chi connectivity index (χ0) is 27.1. The van der Waals surface area contributed by atoms with Crippen molar-refractivity contribution in [1.29, 1.82) is 5.26 Å². The van der Waals surface area contributed by atoms with Gasteiger partial charge in [0.05, 0.1) is 11.5 Å². The number of rotatable bonds is 4. The second kappa shape index (κ2) is 11.6. The molecule has 6 fully saturated rings. The zero-order valence-electron chi connectivity index (χ0n) is 24.8. The Balaban J connectivity index is 1.08. The van der Waals surface area contributed by atoms with Gasteiger partial charge in [0, 0.05) is 63.8 Å². The standard InChI is InChI=1S/C32H54N6O/c1-21(39)37-13-15-38(16-14-37)26-6-4-5-23(17-26)24-9-12-28-27(18-24)30-29(19-34-28)35-36-31(30)22-7-10-25(11-8-22)32(2,3)20-33/h22-31,34-36H,4-19H2,1-3H3. The minimum absolute atomic E-state index is 0.190. The molecule has 8 unspecified atom stereocenters. The monoisotopic (exact) mass is 538 g/mol. The van der Waals surface area contributed by atoms with Crippen LogP contribution in [-0.4, -0.2) is 72.6 Å². The Bertz CT molecular complexity index is 901. The van der Waals surface area contributed by atoms with Crippen LogP contribution in [0, 0.1) is 52.3 Å². The zero-order valence-corrected chi connectivity index (χ0v) is 24.8. The number of hydrogen-bond donors (Lipinski definition) is 3. The topological polar surface area (TPSA) is 83.4 Å². The number of nitriles is 1. The van der Waals surface area contributed by atoms with E-state index in [-0.39, 0.29) is 11.3 Å². The molecular weight excluding hydrogens is 484 g/mol. The Morgan fingerprint density at radius 3 is 2.28 bits per heavy atom. The maximum Gasteiger partial charge on any atom is 0.219 e. The van der Waals surface area contributed by atoms with E-state index in [4.69, 9.17) is 0 Å². The van der Waals surface area contributed by atoms with E-state index in [2.05, 4.69) is 41.0 Å². The van der Waals surface area contributed by atoms with Crippen molar-refractivity contribution in [3.05, 3.63) is 0 Å². The van der Waals surface area contributed by atoms with E-state index < -0.39 is 0 Å². The molecule has 3 N–H and O–H groups in total. The van der Waals surface area contributed by atoms with Crippen molar-refractivity contribution in [2.75, 3.05) is 32.7 Å². The molecule has 7 nitrogen and oxygen atoms in total. The maximum atomic E-state index is 11.8. The number of nitrogens with zero attached hydrogens (tertiary/aromatic N) is 3. The molecule has 3 aliphatic carbocycles. The number of hydrogen-bond acceptors (Lipinski definition) is 6. The van der Waals surface area contributed by atoms with Gasteiger partial charge in [-0.3, -0.25) is 20.5 Å². The number of fused-ring (bicyclic) bond motifs is 3. The number of hydrazine groups is 1. The van der Waals surface area contributed by atoms with Crippen LogP contribution < -0.4 is 16.2 Å². The van der Waals surface area contributed by atoms with Crippen molar-refractivity contribution in [2.45, 2.75) is 116 Å². The summed E-state index contributed by atoms with van der Waals surface area (Å²) in [6.07, 6.45) is 14.7. The van der Waals surface area contributed by atoms with Gasteiger partial charge in [-0.15, -0.1) is 0 Å². The first-order valence-electron chi connectivity index (χ1n) is 16.5. The first kappa shape index (κ1) is 27.9. The molecule has 3 saturated carbocycles. The Morgan fingerprint density at radius 2 is 1.56 bits per heavy atom. The van der Waals surface area contributed by atoms with Gasteiger partial charge in [0.2, 0.25) is 5.91 Å². The van der Waals surface area contributed by atoms with Crippen LogP contribution in [0.5, 0.6) is 0 Å². The summed E-state index contributed by atoms with van der Waals surface area (Å²) in [6, 6.07) is 5.15. The first-order chi connectivity index (χ1) is 18.8. The number of carbonyl (C=O) groups is 1. The summed E-state index contributed by atoms with van der Waals surface area (Å²) in [5.74, 6) is 4.80. The van der Waals surface area contributed by atoms with Gasteiger partial charge >= 0.3 is 0 Å². The molecule has 3 aliphatic heterocycles. The summed E-state index contributed by atoms with van der Waals surface area (Å²) in [6.45, 7) is 11.1. The number of carbonyl (C=O) groups excluding carboxylic acids is 1. The van der Waals surface area contributed by atoms with Gasteiger partial charge in [0.1, 0.15) is 0 Å². The largest absolute Gasteiger partial charge is 0.340 e. The van der Waals surface area contributed by atoms with Crippen LogP contribution in [0.4, 0.5) is 0 Å². The summed E-state index contributed by atoms with van der Waals surface area (Å²) >= 11 is 0. The molecule has 6 rings (SSSR count). The summed E-state index contributed by atoms with van der Waals surface area (Å²) in [4.78, 5) is 16.6. The predicted molar refractivity (Wildman–Crippen MR) is 154 cm³/mol. The van der Waals surface area contributed by atoms with Gasteiger partial charge in [-0.1, -0.05) is 12.8 Å². The molecule has 39 heavy (non-hydrogen) atoms. The van der Waals surface area contributed by atoms with Crippen LogP contribution in [-0.2, 0) is 4.79 Å². The van der Waals surface area contributed by atoms with Gasteiger partial charge in [-0.25, -0.2) is 0 Å². The molecule has 0 aromatic carbocycles. The molecule has 0 aromatic rings. The van der Waals surface area contributed by atoms with E-state index in [1.165, 1.54) is 70.6 Å². The first-order valence-corrected chi connectivity index (χ1v) is 16.5. The highest BCUT2D eigenvalue weighted by Gasteiger charge is 2.52. The SMILES string of the molecule is CC(=O)N1CCN(C2CCCC(C3CCC4NCC5NNC(C6CCC(C(C)(C)C#N)CC6)C5C4C3)C2)CC1. The fourth-order valence-corrected chi connectivity index (χ4v) is 10.1. The third-order valence-electron chi connectivity index (χ3n) is 12.6. The minimum Gasteiger partial charge on any atom is -0.340 e. The number of piperazine rings is 1. The lowest BCUT2D eigenvalue weighted by Gasteiger charge is -2.51. The smallest absolute Gasteiger partial charge is 0.219 e. The van der Waals surface area contributed by atoms with E-state index in [9.17, 15) is 10.1 Å². The molecule has 7 heteroatoms. The molecule has 3 saturated heterocycles. The average molecular weight is 539 g/mol. The predicted octanol–water partition coefficient (Wildman–Crippen LogP) is 3.91. The van der Waals surface area contributed by atoms with Gasteiger partial charge in [-0.05, 0) is 107 Å². The van der Waals surface area contributed by atoms with Crippen LogP contribution in [0.2, 0.25) is 0 Å². The fraction of sp³-hybridized carbons (Fsp3) is 0.938. The van der Waals surface area contributed by atoms with Crippen molar-refractivity contribution >= 4 is 5.91 Å². The number of piperidine rings is 1. The van der Waals surface area contributed by atoms with Gasteiger partial charge in [-0.2, -0.15) is 5.26 Å². The van der Waals surface area contributed by atoms with Crippen molar-refractivity contribution in [3.63, 3.8) is 0 Å². The molecule has 0 aromatic heterocycles. The second-order valence-electron chi connectivity index (χ2n) is 14.8. The van der Waals surface area contributed by atoms with Gasteiger partial charge in [0.15, 0.2) is 0 Å². The Morgan fingerprint density at radius 1 is 0.846 bits per heavy atom. The van der Waals surface area contributed by atoms with Crippen LogP contribution in [0.3, 0.4) is 0 Å². The molecule has 0 bridgehead atoms. The molecule has 0 spiro atoms. The molecular formula is C32H54N6O. The van der Waals surface area contributed by atoms with Crippen molar-refractivity contribution in [3.8, 4) is 6.07 Å². The van der Waals surface area contributed by atoms with E-state index >= 15 is 0 Å². The lowest BCUT2D eigenvalue weighted by atomic mass is 9.59. The van der Waals surface area contributed by atoms with E-state index in [1.54, 1.807) is 6.92 Å². The van der Waals surface area contributed by atoms with Crippen LogP contribution >= 0.6 is 0 Å². The highest BCUT2D eigenvalue weighted by Crippen LogP contribution is 2.49. The molecule has 6 aliphatic rings. The van der Waals surface area contributed by atoms with E-state index in [0.29, 0.717) is 24.0 Å². The number of nitrogens with one attached hydrogen (secondary N) is 3. The molecule has 0 radical (unpaired) electrons. The molecule has 1 amide bonds. The molecule has 218 valence electrons. The van der Waals surface area contributed by atoms with Crippen LogP contribution in [0.15, 0.2) is 0 Å². The highest BCUT2D eigenvalue weighted by molar-refractivity contribution is 5.73. The van der Waals surface area contributed by atoms with Gasteiger partial charge in [0.25, 0.3) is 0 Å². The fourth-order valence-electron chi connectivity index (χ4n) is 10.1. The third-order valence-corrected chi connectivity index (χ3v) is 12.6. The maximum absolute atomic E-state index is 11.8. The second-order valence-corrected chi connectivity index (χ2v) is 14.8. The van der Waals surface area contributed by atoms with Crippen LogP contribution in [0.1, 0.15) is 91.4 Å². The lowest BCUT2D eigenvalue weighted by molar-refractivity contribution is -0.131. The Kier molecular flexibility index (Phi) is 8.30. The Hall–Kier alpha value is -1.20. The third kappa shape index (κ3) is 5.65. The lowest BCUT2D eigenvalue weighted by Crippen LogP contribution is -2.59. The van der Waals surface area contributed by atoms with Crippen molar-refractivity contribution < 1.29 is 4.79 Å². The van der Waals surface area contributed by atoms with Crippen molar-refractivity contribution in [2.24, 2.45) is 40.9 Å². The summed E-state index contributed by atoms with van der Waals surface area (Å²) in [7, 11) is 0. The Labute approximate surface area is 237 Å². The highest BCUT2D eigenvalue weighted by atomic mass is 16.2. The summed E-state index contributed by atoms with van der Waals surface area (Å²) < 4.78 is 0. The van der Waals surface area contributed by atoms with Crippen LogP contribution in [0.25, 0.3) is 0 Å². The van der Waals surface area contributed by atoms with Crippen molar-refractivity contribution in [1.82, 2.24) is 26.0 Å². The van der Waals surface area contributed by atoms with E-state index in [1.807, 2.05) is 4.90 Å². The summed E-state index contributed by atoms with van der Waals surface area (Å²) in [5, 5.41) is 13.6. The quantitative estimate of drug-likeness (QED) is 0.503.